The van der Waals surface area contributed by atoms with Crippen LogP contribution in [0.25, 0.3) is 10.4 Å². The summed E-state index contributed by atoms with van der Waals surface area (Å²) in [6.07, 6.45) is 4.09. The van der Waals surface area contributed by atoms with Crippen LogP contribution in [0.2, 0.25) is 0 Å². The Balaban J connectivity index is 1.26. The van der Waals surface area contributed by atoms with Gasteiger partial charge in [0.25, 0.3) is 12.0 Å². The number of likely N-dealkylation sites (tertiary alicyclic amines) is 1. The number of thioether (sulfide) groups is 1. The van der Waals surface area contributed by atoms with Crippen LogP contribution < -0.4 is 9.67 Å². The number of thiazole rings is 1. The number of imidazole rings is 1. The number of carbonyl (C=O) groups is 4. The number of β-lactam (4-membered cyclic amide) rings is 1. The normalized spacial score (nSPS) is 24.4. The minimum Gasteiger partial charge on any atom is -0.543 e. The molecule has 3 aliphatic rings. The van der Waals surface area contributed by atoms with Gasteiger partial charge in [-0.1, -0.05) is 30.0 Å². The smallest absolute Gasteiger partial charge is 0.411 e. The highest BCUT2D eigenvalue weighted by Gasteiger charge is 2.59. The van der Waals surface area contributed by atoms with E-state index < -0.39 is 53.0 Å². The molecule has 2 fully saturated rings. The molecule has 15 nitrogen and oxygen atoms in total. The molecule has 2 saturated heterocycles. The summed E-state index contributed by atoms with van der Waals surface area (Å²) in [4.78, 5) is 65.4. The number of hydrogen-bond donors (Lipinski definition) is 1. The Morgan fingerprint density at radius 1 is 1.26 bits per heavy atom. The third kappa shape index (κ3) is 5.31. The molecule has 1 aromatic carbocycles. The number of non-ortho nitro benzene ring substituents is 1. The summed E-state index contributed by atoms with van der Waals surface area (Å²) in [5.41, 5.74) is 0.758. The van der Waals surface area contributed by atoms with Crippen molar-refractivity contribution in [3.05, 3.63) is 63.0 Å². The molecule has 3 aromatic rings. The molecule has 0 unspecified atom stereocenters. The Morgan fingerprint density at radius 3 is 2.55 bits per heavy atom. The van der Waals surface area contributed by atoms with Crippen molar-refractivity contribution in [1.29, 1.82) is 0 Å². The molecule has 2 aromatic heterocycles. The van der Waals surface area contributed by atoms with Crippen LogP contribution in [0.1, 0.15) is 36.8 Å². The summed E-state index contributed by atoms with van der Waals surface area (Å²) in [6, 6.07) is 3.88. The van der Waals surface area contributed by atoms with Gasteiger partial charge in [0, 0.05) is 30.0 Å². The van der Waals surface area contributed by atoms with E-state index in [4.69, 9.17) is 9.47 Å². The summed E-state index contributed by atoms with van der Waals surface area (Å²) in [5.74, 6) is -3.53. The van der Waals surface area contributed by atoms with E-state index in [1.807, 2.05) is 28.5 Å². The van der Waals surface area contributed by atoms with E-state index in [0.717, 1.165) is 9.86 Å². The van der Waals surface area contributed by atoms with Crippen molar-refractivity contribution in [2.75, 3.05) is 19.9 Å². The van der Waals surface area contributed by atoms with Crippen molar-refractivity contribution >= 4 is 63.1 Å². The Kier molecular flexibility index (Phi) is 8.48. The summed E-state index contributed by atoms with van der Waals surface area (Å²) >= 11 is 2.80. The maximum absolute atomic E-state index is 13.2. The van der Waals surface area contributed by atoms with Gasteiger partial charge in [-0.2, -0.15) is 4.40 Å². The molecule has 1 N–H and O–H groups in total. The number of benzene rings is 1. The number of carboxylic acids is 1. The number of nitrogens with zero attached hydrogens (tertiary/aromatic N) is 5. The summed E-state index contributed by atoms with van der Waals surface area (Å²) < 4.78 is 14.3. The second-order valence-electron chi connectivity index (χ2n) is 11.7. The third-order valence-corrected chi connectivity index (χ3v) is 11.1. The lowest BCUT2D eigenvalue weighted by Crippen LogP contribution is -2.64. The van der Waals surface area contributed by atoms with Gasteiger partial charge in [-0.3, -0.25) is 19.8 Å². The highest BCUT2D eigenvalue weighted by atomic mass is 32.2. The fraction of sp³-hybridized carbons (Fsp3) is 0.433. The minimum absolute atomic E-state index is 0.0896. The van der Waals surface area contributed by atoms with Gasteiger partial charge in [-0.05, 0) is 30.9 Å². The molecular weight excluding hydrogens is 654 g/mol. The van der Waals surface area contributed by atoms with Crippen molar-refractivity contribution < 1.29 is 48.4 Å². The largest absolute Gasteiger partial charge is 0.543 e. The molecule has 47 heavy (non-hydrogen) atoms. The molecule has 2 amide bonds. The van der Waals surface area contributed by atoms with Crippen LogP contribution in [0.15, 0.2) is 47.5 Å². The van der Waals surface area contributed by atoms with Gasteiger partial charge in [0.2, 0.25) is 15.8 Å². The van der Waals surface area contributed by atoms with Crippen molar-refractivity contribution in [2.24, 2.45) is 11.8 Å². The number of aliphatic hydroxyl groups is 1. The van der Waals surface area contributed by atoms with Crippen molar-refractivity contribution in [1.82, 2.24) is 14.2 Å². The van der Waals surface area contributed by atoms with Crippen LogP contribution in [0.4, 0.5) is 10.5 Å². The molecule has 6 atom stereocenters. The predicted molar refractivity (Wildman–Crippen MR) is 164 cm³/mol. The number of esters is 1. The number of aliphatic hydroxyl groups excluding tert-OH is 1. The lowest BCUT2D eigenvalue weighted by atomic mass is 9.77. The molecule has 3 aliphatic heterocycles. The van der Waals surface area contributed by atoms with E-state index in [1.165, 1.54) is 71.2 Å². The summed E-state index contributed by atoms with van der Waals surface area (Å²) in [5, 5.41) is 34.2. The minimum atomic E-state index is -1.45. The fourth-order valence-electron chi connectivity index (χ4n) is 6.88. The van der Waals surface area contributed by atoms with E-state index in [0.29, 0.717) is 16.0 Å². The fourth-order valence-corrected chi connectivity index (χ4v) is 9.11. The van der Waals surface area contributed by atoms with Gasteiger partial charge >= 0.3 is 12.1 Å². The molecule has 0 saturated carbocycles. The highest BCUT2D eigenvalue weighted by molar-refractivity contribution is 7.98. The lowest BCUT2D eigenvalue weighted by molar-refractivity contribution is -0.751. The number of amides is 2. The number of carboxylic acid groups (broad SMARTS) is 1. The van der Waals surface area contributed by atoms with Crippen molar-refractivity contribution in [3.63, 3.8) is 0 Å². The number of nitro groups is 1. The summed E-state index contributed by atoms with van der Waals surface area (Å²) in [7, 11) is 1.24. The number of hydrogen-bond acceptors (Lipinski definition) is 12. The zero-order chi connectivity index (χ0) is 33.9. The van der Waals surface area contributed by atoms with Gasteiger partial charge in [-0.25, -0.2) is 14.2 Å². The molecular formula is C30H31N5O10S2. The van der Waals surface area contributed by atoms with E-state index in [2.05, 4.69) is 0 Å². The van der Waals surface area contributed by atoms with Crippen LogP contribution in [-0.4, -0.2) is 86.3 Å². The van der Waals surface area contributed by atoms with Gasteiger partial charge < -0.3 is 29.4 Å². The first-order chi connectivity index (χ1) is 22.4. The standard InChI is InChI=1S/C30H31N5O10S2/c1-14-21(24(28(38)39)34-23(14)22(15(2)36)25(34)37)20-11-31-13-33(27(46-4)26(31)47-20)18-9-19(29(40)44-3)32(10-18)30(41)45-12-16-5-7-17(8-6-16)35(42)43/h5-8,11,13-15,18-19,22-23,36H,9-10,12H2,1-4H3/t14-,15+,18+,19-,22+,23+/m0/s1. The van der Waals surface area contributed by atoms with Crippen LogP contribution in [-0.2, 0) is 30.5 Å². The number of nitro benzene ring substituents is 1. The Hall–Kier alpha value is -4.48. The SMILES string of the molecule is COC(=O)[C@@H]1C[C@@H]([n+]2cn3cc(C4=C(C(=O)[O-])N5C(=O)[C@H]([C@@H](C)O)[C@H]5[C@H]4C)sc3c2SC)CN1C(=O)OCc1ccc([N+](=O)[O-])cc1. The number of aliphatic carboxylic acids is 1. The number of ether oxygens (including phenoxy) is 2. The average molecular weight is 686 g/mol. The maximum Gasteiger partial charge on any atom is 0.411 e. The Labute approximate surface area is 276 Å². The monoisotopic (exact) mass is 685 g/mol. The molecule has 17 heteroatoms. The van der Waals surface area contributed by atoms with Crippen molar-refractivity contribution in [3.8, 4) is 0 Å². The molecule has 6 rings (SSSR count). The van der Waals surface area contributed by atoms with Crippen LogP contribution in [0, 0.1) is 22.0 Å². The van der Waals surface area contributed by atoms with Crippen LogP contribution in [0.5, 0.6) is 0 Å². The topological polar surface area (TPSA) is 188 Å². The molecule has 5 heterocycles. The highest BCUT2D eigenvalue weighted by Crippen LogP contribution is 2.51. The molecule has 0 spiro atoms. The second kappa shape index (κ2) is 12.3. The number of aromatic nitrogens is 2. The average Bonchev–Trinajstić information content (AvgIpc) is 3.78. The first-order valence-electron chi connectivity index (χ1n) is 14.7. The van der Waals surface area contributed by atoms with Crippen LogP contribution in [0.3, 0.4) is 0 Å². The third-order valence-electron chi connectivity index (χ3n) is 9.08. The van der Waals surface area contributed by atoms with Crippen LogP contribution >= 0.6 is 23.1 Å². The van der Waals surface area contributed by atoms with E-state index in [-0.39, 0.29) is 42.9 Å². The van der Waals surface area contributed by atoms with E-state index in [9.17, 15) is 39.5 Å². The first kappa shape index (κ1) is 32.5. The van der Waals surface area contributed by atoms with Crippen molar-refractivity contribution in [2.45, 2.75) is 56.1 Å². The number of methoxy groups -OCH3 is 1. The summed E-state index contributed by atoms with van der Waals surface area (Å²) in [6.45, 7) is 3.36. The Morgan fingerprint density at radius 2 is 1.96 bits per heavy atom. The van der Waals surface area contributed by atoms with E-state index in [1.54, 1.807) is 6.20 Å². The first-order valence-corrected chi connectivity index (χ1v) is 16.7. The molecule has 0 bridgehead atoms. The zero-order valence-corrected chi connectivity index (χ0v) is 27.4. The van der Waals surface area contributed by atoms with Gasteiger partial charge in [0.1, 0.15) is 24.9 Å². The lowest BCUT2D eigenvalue weighted by Gasteiger charge is -2.47. The molecule has 0 radical (unpaired) electrons. The zero-order valence-electron chi connectivity index (χ0n) is 25.7. The second-order valence-corrected chi connectivity index (χ2v) is 13.5. The van der Waals surface area contributed by atoms with Gasteiger partial charge in [0.05, 0.1) is 53.2 Å². The molecule has 248 valence electrons. The van der Waals surface area contributed by atoms with Gasteiger partial charge in [0.15, 0.2) is 0 Å². The van der Waals surface area contributed by atoms with Gasteiger partial charge in [-0.15, -0.1) is 0 Å². The van der Waals surface area contributed by atoms with E-state index >= 15 is 0 Å². The number of carbonyl (C=O) groups excluding carboxylic acids is 4. The maximum atomic E-state index is 13.2. The quantitative estimate of drug-likeness (QED) is 0.0856. The predicted octanol–water partition coefficient (Wildman–Crippen LogP) is 1.36. The Bertz CT molecular complexity index is 1830. The number of fused-ring (bicyclic) bond motifs is 2. The molecule has 0 aliphatic carbocycles. The number of rotatable bonds is 9.